The Morgan fingerprint density at radius 1 is 1.03 bits per heavy atom. The van der Waals surface area contributed by atoms with Crippen LogP contribution < -0.4 is 15.8 Å². The summed E-state index contributed by atoms with van der Waals surface area (Å²) in [6.45, 7) is 1.70. The van der Waals surface area contributed by atoms with E-state index in [2.05, 4.69) is 10.4 Å². The van der Waals surface area contributed by atoms with Crippen LogP contribution in [0.25, 0.3) is 0 Å². The van der Waals surface area contributed by atoms with Crippen LogP contribution in [-0.2, 0) is 17.8 Å². The zero-order valence-corrected chi connectivity index (χ0v) is 15.9. The summed E-state index contributed by atoms with van der Waals surface area (Å²) >= 11 is 0. The average Bonchev–Trinajstić information content (AvgIpc) is 3.05. The van der Waals surface area contributed by atoms with Gasteiger partial charge in [0.25, 0.3) is 11.5 Å². The van der Waals surface area contributed by atoms with E-state index >= 15 is 0 Å². The van der Waals surface area contributed by atoms with E-state index < -0.39 is 11.5 Å². The van der Waals surface area contributed by atoms with Crippen molar-refractivity contribution in [3.05, 3.63) is 88.3 Å². The molecule has 2 heterocycles. The third-order valence-electron chi connectivity index (χ3n) is 4.86. The smallest absolute Gasteiger partial charge is 0.278 e. The molecule has 0 radical (unpaired) electrons. The van der Waals surface area contributed by atoms with Gasteiger partial charge in [0.2, 0.25) is 5.91 Å². The van der Waals surface area contributed by atoms with Crippen LogP contribution in [0.3, 0.4) is 0 Å². The lowest BCUT2D eigenvalue weighted by Crippen LogP contribution is -2.38. The fourth-order valence-corrected chi connectivity index (χ4v) is 3.53. The molecule has 1 aliphatic rings. The van der Waals surface area contributed by atoms with Crippen LogP contribution >= 0.6 is 0 Å². The van der Waals surface area contributed by atoms with Crippen molar-refractivity contribution in [1.29, 1.82) is 0 Å². The van der Waals surface area contributed by atoms with Gasteiger partial charge in [0, 0.05) is 23.5 Å². The predicted octanol–water partition coefficient (Wildman–Crippen LogP) is 2.47. The Balaban J connectivity index is 1.56. The Labute approximate surface area is 167 Å². The van der Waals surface area contributed by atoms with Crippen molar-refractivity contribution < 1.29 is 9.59 Å². The number of nitrogens with one attached hydrogen (secondary N) is 1. The topological polar surface area (TPSA) is 84.3 Å². The van der Waals surface area contributed by atoms with E-state index in [9.17, 15) is 14.4 Å². The van der Waals surface area contributed by atoms with Gasteiger partial charge in [-0.25, -0.2) is 4.68 Å². The molecule has 0 saturated heterocycles. The number of carbonyl (C=O) groups excluding carboxylic acids is 2. The zero-order chi connectivity index (χ0) is 20.4. The van der Waals surface area contributed by atoms with Gasteiger partial charge in [-0.05, 0) is 43.2 Å². The summed E-state index contributed by atoms with van der Waals surface area (Å²) in [6, 6.07) is 19.3. The number of fused-ring (bicyclic) bond motifs is 1. The molecule has 4 rings (SSSR count). The molecular weight excluding hydrogens is 368 g/mol. The van der Waals surface area contributed by atoms with Gasteiger partial charge in [-0.1, -0.05) is 36.4 Å². The maximum atomic E-state index is 13.1. The Morgan fingerprint density at radius 3 is 2.55 bits per heavy atom. The second-order valence-corrected chi connectivity index (χ2v) is 6.99. The molecule has 0 fully saturated rings. The molecule has 2 amide bonds. The normalized spacial score (nSPS) is 15.1. The summed E-state index contributed by atoms with van der Waals surface area (Å²) in [5, 5.41) is 6.87. The van der Waals surface area contributed by atoms with Crippen LogP contribution in [0.4, 0.5) is 11.4 Å². The molecule has 1 aromatic heterocycles. The second-order valence-electron chi connectivity index (χ2n) is 6.99. The molecule has 146 valence electrons. The molecular formula is C22H20N4O3. The molecule has 0 saturated carbocycles. The van der Waals surface area contributed by atoms with Crippen molar-refractivity contribution in [2.24, 2.45) is 0 Å². The SMILES string of the molecule is CC1Cc2ccccc2N1C(=O)c1ccc(=O)n(CC(=O)Nc2ccccc2)n1. The van der Waals surface area contributed by atoms with Gasteiger partial charge in [-0.3, -0.25) is 14.4 Å². The van der Waals surface area contributed by atoms with E-state index in [-0.39, 0.29) is 24.2 Å². The first-order valence-corrected chi connectivity index (χ1v) is 9.37. The van der Waals surface area contributed by atoms with E-state index in [1.54, 1.807) is 29.2 Å². The molecule has 0 aliphatic carbocycles. The van der Waals surface area contributed by atoms with Crippen LogP contribution in [0.15, 0.2) is 71.5 Å². The molecule has 1 atom stereocenters. The lowest BCUT2D eigenvalue weighted by molar-refractivity contribution is -0.117. The number of hydrogen-bond donors (Lipinski definition) is 1. The van der Waals surface area contributed by atoms with Crippen molar-refractivity contribution in [2.45, 2.75) is 25.9 Å². The summed E-state index contributed by atoms with van der Waals surface area (Å²) < 4.78 is 1.01. The predicted molar refractivity (Wildman–Crippen MR) is 110 cm³/mol. The van der Waals surface area contributed by atoms with Gasteiger partial charge in [0.05, 0.1) is 0 Å². The molecule has 1 N–H and O–H groups in total. The number of hydrogen-bond acceptors (Lipinski definition) is 4. The third kappa shape index (κ3) is 3.80. The third-order valence-corrected chi connectivity index (χ3v) is 4.86. The molecule has 1 aliphatic heterocycles. The highest BCUT2D eigenvalue weighted by atomic mass is 16.2. The number of rotatable bonds is 4. The number of nitrogens with zero attached hydrogens (tertiary/aromatic N) is 3. The number of aromatic nitrogens is 2. The van der Waals surface area contributed by atoms with Gasteiger partial charge < -0.3 is 10.2 Å². The zero-order valence-electron chi connectivity index (χ0n) is 15.9. The number of anilines is 2. The van der Waals surface area contributed by atoms with Crippen LogP contribution in [0.5, 0.6) is 0 Å². The van der Waals surface area contributed by atoms with E-state index in [1.807, 2.05) is 37.3 Å². The van der Waals surface area contributed by atoms with Gasteiger partial charge in [-0.2, -0.15) is 5.10 Å². The number of benzene rings is 2. The molecule has 0 bridgehead atoms. The summed E-state index contributed by atoms with van der Waals surface area (Å²) in [5.41, 5.74) is 2.26. The lowest BCUT2D eigenvalue weighted by atomic mass is 10.1. The first kappa shape index (κ1) is 18.6. The van der Waals surface area contributed by atoms with Gasteiger partial charge in [-0.15, -0.1) is 0 Å². The van der Waals surface area contributed by atoms with Crippen molar-refractivity contribution >= 4 is 23.2 Å². The van der Waals surface area contributed by atoms with Crippen molar-refractivity contribution in [3.63, 3.8) is 0 Å². The fraction of sp³-hybridized carbons (Fsp3) is 0.182. The first-order valence-electron chi connectivity index (χ1n) is 9.37. The Bertz CT molecular complexity index is 1120. The highest BCUT2D eigenvalue weighted by Gasteiger charge is 2.32. The largest absolute Gasteiger partial charge is 0.324 e. The van der Waals surface area contributed by atoms with Crippen LogP contribution in [-0.4, -0.2) is 27.6 Å². The summed E-state index contributed by atoms with van der Waals surface area (Å²) in [5.74, 6) is -0.685. The van der Waals surface area contributed by atoms with E-state index in [1.165, 1.54) is 12.1 Å². The maximum absolute atomic E-state index is 13.1. The van der Waals surface area contributed by atoms with Crippen LogP contribution in [0.2, 0.25) is 0 Å². The Hall–Kier alpha value is -3.74. The number of para-hydroxylation sites is 2. The quantitative estimate of drug-likeness (QED) is 0.744. The van der Waals surface area contributed by atoms with Crippen molar-refractivity contribution in [2.75, 3.05) is 10.2 Å². The van der Waals surface area contributed by atoms with Gasteiger partial charge in [0.1, 0.15) is 12.2 Å². The van der Waals surface area contributed by atoms with E-state index in [0.29, 0.717) is 5.69 Å². The van der Waals surface area contributed by atoms with Crippen molar-refractivity contribution in [3.8, 4) is 0 Å². The summed E-state index contributed by atoms with van der Waals surface area (Å²) in [6.07, 6.45) is 0.765. The molecule has 0 spiro atoms. The molecule has 7 nitrogen and oxygen atoms in total. The van der Waals surface area contributed by atoms with Crippen LogP contribution in [0.1, 0.15) is 23.0 Å². The summed E-state index contributed by atoms with van der Waals surface area (Å²) in [7, 11) is 0. The van der Waals surface area contributed by atoms with Crippen molar-refractivity contribution in [1.82, 2.24) is 9.78 Å². The molecule has 2 aromatic carbocycles. The standard InChI is InChI=1S/C22H20N4O3/c1-15-13-16-7-5-6-10-19(16)26(15)22(29)18-11-12-21(28)25(24-18)14-20(27)23-17-8-3-2-4-9-17/h2-12,15H,13-14H2,1H3,(H,23,27). The fourth-order valence-electron chi connectivity index (χ4n) is 3.53. The van der Waals surface area contributed by atoms with Gasteiger partial charge in [0.15, 0.2) is 0 Å². The number of amides is 2. The minimum atomic E-state index is -0.445. The average molecular weight is 388 g/mol. The number of carbonyl (C=O) groups is 2. The Kier molecular flexibility index (Phi) is 4.95. The lowest BCUT2D eigenvalue weighted by Gasteiger charge is -2.22. The minimum Gasteiger partial charge on any atom is -0.324 e. The van der Waals surface area contributed by atoms with Crippen LogP contribution in [0, 0.1) is 0 Å². The maximum Gasteiger partial charge on any atom is 0.278 e. The molecule has 1 unspecified atom stereocenters. The minimum absolute atomic E-state index is 0.0107. The molecule has 29 heavy (non-hydrogen) atoms. The highest BCUT2D eigenvalue weighted by Crippen LogP contribution is 2.32. The van der Waals surface area contributed by atoms with E-state index in [0.717, 1.165) is 22.4 Å². The molecule has 3 aromatic rings. The monoisotopic (exact) mass is 388 g/mol. The Morgan fingerprint density at radius 2 is 1.76 bits per heavy atom. The molecule has 7 heteroatoms. The highest BCUT2D eigenvalue weighted by molar-refractivity contribution is 6.06. The van der Waals surface area contributed by atoms with Gasteiger partial charge >= 0.3 is 0 Å². The van der Waals surface area contributed by atoms with E-state index in [4.69, 9.17) is 0 Å². The summed E-state index contributed by atoms with van der Waals surface area (Å²) in [4.78, 5) is 39.2. The first-order chi connectivity index (χ1) is 14.0. The second kappa shape index (κ2) is 7.71.